The summed E-state index contributed by atoms with van der Waals surface area (Å²) in [5.41, 5.74) is 1.35. The monoisotopic (exact) mass is 363 g/mol. The van der Waals surface area contributed by atoms with Crippen LogP contribution in [0.2, 0.25) is 0 Å². The Morgan fingerprint density at radius 1 is 1.08 bits per heavy atom. The van der Waals surface area contributed by atoms with Crippen molar-refractivity contribution in [2.75, 3.05) is 18.0 Å². The molecule has 2 rings (SSSR count). The number of rotatable bonds is 7. The van der Waals surface area contributed by atoms with Gasteiger partial charge in [0.05, 0.1) is 17.7 Å². The number of hydrogen-bond acceptors (Lipinski definition) is 4. The van der Waals surface area contributed by atoms with Crippen molar-refractivity contribution < 1.29 is 23.1 Å². The summed E-state index contributed by atoms with van der Waals surface area (Å²) in [6.45, 7) is 3.39. The molecule has 0 aromatic heterocycles. The minimum absolute atomic E-state index is 0.00230. The Hall–Kier alpha value is -2.54. The van der Waals surface area contributed by atoms with Gasteiger partial charge in [-0.1, -0.05) is 26.0 Å². The fourth-order valence-electron chi connectivity index (χ4n) is 2.34. The Kier molecular flexibility index (Phi) is 5.69. The second kappa shape index (κ2) is 7.57. The molecule has 0 aliphatic heterocycles. The molecule has 0 saturated heterocycles. The van der Waals surface area contributed by atoms with Crippen molar-refractivity contribution in [3.8, 4) is 5.75 Å². The Morgan fingerprint density at radius 2 is 1.64 bits per heavy atom. The molecule has 0 fully saturated rings. The third-order valence-electron chi connectivity index (χ3n) is 3.77. The summed E-state index contributed by atoms with van der Waals surface area (Å²) in [6.07, 6.45) is 0. The molecule has 0 heterocycles. The summed E-state index contributed by atoms with van der Waals surface area (Å²) in [4.78, 5) is 11.2. The molecule has 2 aromatic carbocycles. The quantitative estimate of drug-likeness (QED) is 0.817. The molecule has 0 atom stereocenters. The second-order valence-electron chi connectivity index (χ2n) is 5.83. The van der Waals surface area contributed by atoms with Gasteiger partial charge in [-0.25, -0.2) is 8.42 Å². The SMILES string of the molecule is COc1ccc(S(=O)(=O)N(CC(=O)O)c2ccc(C(C)C)cc2)cc1. The Bertz CT molecular complexity index is 827. The van der Waals surface area contributed by atoms with E-state index >= 15 is 0 Å². The van der Waals surface area contributed by atoms with E-state index in [0.717, 1.165) is 9.87 Å². The fraction of sp³-hybridized carbons (Fsp3) is 0.278. The van der Waals surface area contributed by atoms with Gasteiger partial charge in [0.25, 0.3) is 10.0 Å². The van der Waals surface area contributed by atoms with E-state index < -0.39 is 22.5 Å². The number of methoxy groups -OCH3 is 1. The highest BCUT2D eigenvalue weighted by molar-refractivity contribution is 7.92. The topological polar surface area (TPSA) is 83.9 Å². The maximum Gasteiger partial charge on any atom is 0.324 e. The molecule has 2 aromatic rings. The van der Waals surface area contributed by atoms with Gasteiger partial charge in [-0.2, -0.15) is 0 Å². The molecular weight excluding hydrogens is 342 g/mol. The smallest absolute Gasteiger partial charge is 0.324 e. The summed E-state index contributed by atoms with van der Waals surface area (Å²) < 4.78 is 31.7. The van der Waals surface area contributed by atoms with Crippen molar-refractivity contribution in [3.05, 3.63) is 54.1 Å². The first kappa shape index (κ1) is 18.8. The average Bonchev–Trinajstić information content (AvgIpc) is 2.59. The van der Waals surface area contributed by atoms with Crippen LogP contribution in [0.1, 0.15) is 25.3 Å². The first-order valence-electron chi connectivity index (χ1n) is 7.74. The first-order valence-corrected chi connectivity index (χ1v) is 9.18. The summed E-state index contributed by atoms with van der Waals surface area (Å²) in [5, 5.41) is 9.15. The standard InChI is InChI=1S/C18H21NO5S/c1-13(2)14-4-6-15(7-5-14)19(12-18(20)21)25(22,23)17-10-8-16(24-3)9-11-17/h4-11,13H,12H2,1-3H3,(H,20,21). The van der Waals surface area contributed by atoms with Crippen LogP contribution in [0.25, 0.3) is 0 Å². The summed E-state index contributed by atoms with van der Waals surface area (Å²) in [6, 6.07) is 12.7. The molecule has 0 spiro atoms. The zero-order valence-corrected chi connectivity index (χ0v) is 15.2. The summed E-state index contributed by atoms with van der Waals surface area (Å²) in [7, 11) is -2.53. The molecule has 7 heteroatoms. The molecule has 25 heavy (non-hydrogen) atoms. The van der Waals surface area contributed by atoms with E-state index in [1.165, 1.54) is 31.4 Å². The van der Waals surface area contributed by atoms with Gasteiger partial charge in [-0.05, 0) is 47.9 Å². The van der Waals surface area contributed by atoms with Gasteiger partial charge in [0.1, 0.15) is 12.3 Å². The minimum atomic E-state index is -4.01. The van der Waals surface area contributed by atoms with Crippen molar-refractivity contribution in [1.82, 2.24) is 0 Å². The third-order valence-corrected chi connectivity index (χ3v) is 5.56. The number of carboxylic acid groups (broad SMARTS) is 1. The van der Waals surface area contributed by atoms with E-state index in [-0.39, 0.29) is 4.90 Å². The van der Waals surface area contributed by atoms with E-state index in [2.05, 4.69) is 0 Å². The number of aliphatic carboxylic acids is 1. The number of anilines is 1. The number of hydrogen-bond donors (Lipinski definition) is 1. The Balaban J connectivity index is 2.45. The lowest BCUT2D eigenvalue weighted by atomic mass is 10.0. The average molecular weight is 363 g/mol. The van der Waals surface area contributed by atoms with Crippen LogP contribution in [0, 0.1) is 0 Å². The number of benzene rings is 2. The molecule has 134 valence electrons. The second-order valence-corrected chi connectivity index (χ2v) is 7.69. The molecule has 0 unspecified atom stereocenters. The number of carbonyl (C=O) groups is 1. The van der Waals surface area contributed by atoms with E-state index in [4.69, 9.17) is 9.84 Å². The van der Waals surface area contributed by atoms with Gasteiger partial charge in [-0.15, -0.1) is 0 Å². The number of ether oxygens (including phenoxy) is 1. The van der Waals surface area contributed by atoms with E-state index in [1.54, 1.807) is 24.3 Å². The molecule has 0 aliphatic carbocycles. The third kappa shape index (κ3) is 4.30. The van der Waals surface area contributed by atoms with Gasteiger partial charge in [-0.3, -0.25) is 9.10 Å². The van der Waals surface area contributed by atoms with Crippen LogP contribution in [-0.2, 0) is 14.8 Å². The van der Waals surface area contributed by atoms with E-state index in [0.29, 0.717) is 17.4 Å². The maximum absolute atomic E-state index is 12.9. The summed E-state index contributed by atoms with van der Waals surface area (Å²) in [5.74, 6) is -0.421. The Morgan fingerprint density at radius 3 is 2.08 bits per heavy atom. The van der Waals surface area contributed by atoms with Crippen LogP contribution < -0.4 is 9.04 Å². The van der Waals surface area contributed by atoms with Crippen LogP contribution in [0.4, 0.5) is 5.69 Å². The lowest BCUT2D eigenvalue weighted by molar-refractivity contribution is -0.135. The molecule has 0 aliphatic rings. The van der Waals surface area contributed by atoms with Gasteiger partial charge in [0, 0.05) is 0 Å². The van der Waals surface area contributed by atoms with Crippen LogP contribution in [0.3, 0.4) is 0 Å². The van der Waals surface area contributed by atoms with Crippen LogP contribution in [0.5, 0.6) is 5.75 Å². The zero-order valence-electron chi connectivity index (χ0n) is 14.3. The molecule has 0 bridgehead atoms. The number of sulfonamides is 1. The molecule has 6 nitrogen and oxygen atoms in total. The predicted octanol–water partition coefficient (Wildman–Crippen LogP) is 3.10. The van der Waals surface area contributed by atoms with Crippen molar-refractivity contribution in [1.29, 1.82) is 0 Å². The molecular formula is C18H21NO5S. The van der Waals surface area contributed by atoms with Gasteiger partial charge in [0.15, 0.2) is 0 Å². The van der Waals surface area contributed by atoms with Crippen molar-refractivity contribution >= 4 is 21.7 Å². The maximum atomic E-state index is 12.9. The van der Waals surface area contributed by atoms with Crippen LogP contribution in [-0.4, -0.2) is 33.1 Å². The van der Waals surface area contributed by atoms with Crippen molar-refractivity contribution in [2.45, 2.75) is 24.7 Å². The Labute approximate surface area is 147 Å². The highest BCUT2D eigenvalue weighted by Gasteiger charge is 2.27. The molecule has 0 radical (unpaired) electrons. The zero-order chi connectivity index (χ0) is 18.6. The highest BCUT2D eigenvalue weighted by Crippen LogP contribution is 2.26. The van der Waals surface area contributed by atoms with E-state index in [1.807, 2.05) is 13.8 Å². The fourth-order valence-corrected chi connectivity index (χ4v) is 3.75. The largest absolute Gasteiger partial charge is 0.497 e. The number of carboxylic acids is 1. The van der Waals surface area contributed by atoms with Crippen LogP contribution in [0.15, 0.2) is 53.4 Å². The van der Waals surface area contributed by atoms with Crippen molar-refractivity contribution in [3.63, 3.8) is 0 Å². The van der Waals surface area contributed by atoms with Gasteiger partial charge < -0.3 is 9.84 Å². The van der Waals surface area contributed by atoms with Gasteiger partial charge >= 0.3 is 5.97 Å². The predicted molar refractivity (Wildman–Crippen MR) is 95.7 cm³/mol. The minimum Gasteiger partial charge on any atom is -0.497 e. The lowest BCUT2D eigenvalue weighted by Crippen LogP contribution is -2.35. The lowest BCUT2D eigenvalue weighted by Gasteiger charge is -2.23. The van der Waals surface area contributed by atoms with E-state index in [9.17, 15) is 13.2 Å². The van der Waals surface area contributed by atoms with Crippen LogP contribution >= 0.6 is 0 Å². The highest BCUT2D eigenvalue weighted by atomic mass is 32.2. The van der Waals surface area contributed by atoms with Gasteiger partial charge in [0.2, 0.25) is 0 Å². The number of nitrogens with zero attached hydrogens (tertiary/aromatic N) is 1. The summed E-state index contributed by atoms with van der Waals surface area (Å²) >= 11 is 0. The molecule has 1 N–H and O–H groups in total. The normalized spacial score (nSPS) is 11.4. The molecule has 0 amide bonds. The van der Waals surface area contributed by atoms with Crippen molar-refractivity contribution in [2.24, 2.45) is 0 Å². The first-order chi connectivity index (χ1) is 11.8. The molecule has 0 saturated carbocycles.